The topological polar surface area (TPSA) is 71.5 Å². The lowest BCUT2D eigenvalue weighted by Gasteiger charge is -2.17. The molecule has 0 radical (unpaired) electrons. The van der Waals surface area contributed by atoms with Gasteiger partial charge in [0.25, 0.3) is 10.0 Å². The van der Waals surface area contributed by atoms with Crippen LogP contribution in [-0.4, -0.2) is 50.9 Å². The van der Waals surface area contributed by atoms with Crippen LogP contribution < -0.4 is 10.1 Å². The molecular weight excluding hydrogens is 266 g/mol. The molecule has 0 unspecified atom stereocenters. The van der Waals surface area contributed by atoms with Gasteiger partial charge in [-0.1, -0.05) is 0 Å². The van der Waals surface area contributed by atoms with E-state index in [0.29, 0.717) is 13.1 Å². The summed E-state index contributed by atoms with van der Waals surface area (Å²) in [7, 11) is -6.27. The van der Waals surface area contributed by atoms with Crippen molar-refractivity contribution in [2.75, 3.05) is 33.2 Å². The van der Waals surface area contributed by atoms with E-state index in [0.717, 1.165) is 30.4 Å². The fourth-order valence-corrected chi connectivity index (χ4v) is 3.66. The first-order valence-corrected chi connectivity index (χ1v) is 7.25. The van der Waals surface area contributed by atoms with Crippen molar-refractivity contribution in [3.8, 4) is 5.75 Å². The normalized spacial score (nSPS) is 22.8. The Bertz CT molecular complexity index is 697. The summed E-state index contributed by atoms with van der Waals surface area (Å²) < 4.78 is 52.1. The first-order chi connectivity index (χ1) is 10.3. The molecule has 0 bridgehead atoms. The average molecular weight is 284 g/mol. The molecule has 102 valence electrons. The van der Waals surface area contributed by atoms with Gasteiger partial charge in [0.1, 0.15) is 5.75 Å². The van der Waals surface area contributed by atoms with Crippen LogP contribution in [0.2, 0.25) is 0 Å². The summed E-state index contributed by atoms with van der Waals surface area (Å²) in [5.41, 5.74) is 2.23. The van der Waals surface area contributed by atoms with Crippen molar-refractivity contribution in [2.24, 2.45) is 0 Å². The molecule has 6 nitrogen and oxygen atoms in total. The predicted molar refractivity (Wildman–Crippen MR) is 69.4 cm³/mol. The van der Waals surface area contributed by atoms with Crippen molar-refractivity contribution >= 4 is 10.0 Å². The van der Waals surface area contributed by atoms with Crippen LogP contribution in [0.3, 0.4) is 0 Å². The molecule has 0 atom stereocenters. The van der Waals surface area contributed by atoms with Gasteiger partial charge in [-0.05, 0) is 23.3 Å². The van der Waals surface area contributed by atoms with Gasteiger partial charge in [-0.3, -0.25) is 0 Å². The molecule has 0 aromatic carbocycles. The minimum absolute atomic E-state index is 0.00481. The third-order valence-electron chi connectivity index (χ3n) is 3.34. The summed E-state index contributed by atoms with van der Waals surface area (Å²) >= 11 is 0. The van der Waals surface area contributed by atoms with Gasteiger partial charge >= 0.3 is 0 Å². The molecule has 0 spiro atoms. The first-order valence-electron chi connectivity index (χ1n) is 7.31. The molecule has 0 fully saturated rings. The van der Waals surface area contributed by atoms with Crippen LogP contribution in [0.1, 0.15) is 4.11 Å². The van der Waals surface area contributed by atoms with Gasteiger partial charge in [0.15, 0.2) is 5.03 Å². The SMILES string of the molecule is [2H]C([2H])([2H])Oc1ccc(S(=O)(=O)N2CC3=C(CNC3)C2)nc1. The number of hydrogen-bond acceptors (Lipinski definition) is 5. The van der Waals surface area contributed by atoms with Gasteiger partial charge in [0, 0.05) is 26.2 Å². The molecule has 0 amide bonds. The van der Waals surface area contributed by atoms with Crippen LogP contribution in [0.25, 0.3) is 0 Å². The number of rotatable bonds is 3. The van der Waals surface area contributed by atoms with E-state index in [9.17, 15) is 8.42 Å². The summed E-state index contributed by atoms with van der Waals surface area (Å²) in [6.07, 6.45) is 1.11. The Labute approximate surface area is 116 Å². The smallest absolute Gasteiger partial charge is 0.261 e. The Morgan fingerprint density at radius 3 is 2.68 bits per heavy atom. The molecule has 3 rings (SSSR count). The lowest BCUT2D eigenvalue weighted by molar-refractivity contribution is 0.411. The molecule has 2 aliphatic heterocycles. The largest absolute Gasteiger partial charge is 0.495 e. The number of ether oxygens (including phenoxy) is 1. The van der Waals surface area contributed by atoms with Crippen LogP contribution in [0, 0.1) is 0 Å². The van der Waals surface area contributed by atoms with E-state index in [1.807, 2.05) is 0 Å². The second-order valence-corrected chi connectivity index (χ2v) is 6.40. The van der Waals surface area contributed by atoms with Crippen LogP contribution in [0.5, 0.6) is 5.75 Å². The zero-order valence-corrected chi connectivity index (χ0v) is 10.9. The highest BCUT2D eigenvalue weighted by molar-refractivity contribution is 7.89. The molecule has 1 aromatic rings. The minimum Gasteiger partial charge on any atom is -0.495 e. The summed E-state index contributed by atoms with van der Waals surface area (Å²) in [5.74, 6) is 0.00481. The third-order valence-corrected chi connectivity index (χ3v) is 5.05. The molecule has 19 heavy (non-hydrogen) atoms. The molecule has 7 heteroatoms. The number of nitrogens with zero attached hydrogens (tertiary/aromatic N) is 2. The molecular formula is C12H15N3O3S. The highest BCUT2D eigenvalue weighted by Gasteiger charge is 2.34. The zero-order valence-electron chi connectivity index (χ0n) is 13.1. The van der Waals surface area contributed by atoms with Crippen molar-refractivity contribution in [3.05, 3.63) is 29.5 Å². The number of aromatic nitrogens is 1. The van der Waals surface area contributed by atoms with Crippen LogP contribution in [0.15, 0.2) is 34.5 Å². The van der Waals surface area contributed by atoms with Gasteiger partial charge in [-0.25, -0.2) is 13.4 Å². The van der Waals surface area contributed by atoms with E-state index in [2.05, 4.69) is 15.0 Å². The standard InChI is InChI=1S/C12H15N3O3S/c1-18-11-2-3-12(14-6-11)19(16,17)15-7-9-4-13-5-10(9)8-15/h2-3,6,13H,4-5,7-8H2,1H3/i1D3. The van der Waals surface area contributed by atoms with Gasteiger partial charge in [-0.15, -0.1) is 0 Å². The Balaban J connectivity index is 1.76. The van der Waals surface area contributed by atoms with Gasteiger partial charge < -0.3 is 10.1 Å². The number of nitrogens with one attached hydrogen (secondary N) is 1. The lowest BCUT2D eigenvalue weighted by atomic mass is 10.2. The Hall–Kier alpha value is -1.44. The molecule has 3 heterocycles. The third kappa shape index (κ3) is 2.13. The molecule has 0 saturated carbocycles. The minimum atomic E-state index is -3.68. The van der Waals surface area contributed by atoms with E-state index in [4.69, 9.17) is 4.11 Å². The van der Waals surface area contributed by atoms with Crippen molar-refractivity contribution < 1.29 is 17.3 Å². The molecule has 1 N–H and O–H groups in total. The number of pyridine rings is 1. The fraction of sp³-hybridized carbons (Fsp3) is 0.417. The maximum atomic E-state index is 12.5. The summed E-state index contributed by atoms with van der Waals surface area (Å²) in [6, 6.07) is 2.56. The van der Waals surface area contributed by atoms with Gasteiger partial charge in [-0.2, -0.15) is 4.31 Å². The molecule has 2 aliphatic rings. The highest BCUT2D eigenvalue weighted by Crippen LogP contribution is 2.26. The summed E-state index contributed by atoms with van der Waals surface area (Å²) in [4.78, 5) is 3.83. The van der Waals surface area contributed by atoms with E-state index >= 15 is 0 Å². The second kappa shape index (κ2) is 4.59. The monoisotopic (exact) mass is 284 g/mol. The van der Waals surface area contributed by atoms with Gasteiger partial charge in [0.2, 0.25) is 0 Å². The first kappa shape index (κ1) is 9.46. The second-order valence-electron chi connectivity index (χ2n) is 4.52. The van der Waals surface area contributed by atoms with E-state index < -0.39 is 17.1 Å². The van der Waals surface area contributed by atoms with Crippen LogP contribution in [0.4, 0.5) is 0 Å². The maximum Gasteiger partial charge on any atom is 0.261 e. The zero-order chi connectivity index (χ0) is 16.0. The Kier molecular flexibility index (Phi) is 2.28. The number of methoxy groups -OCH3 is 1. The maximum absolute atomic E-state index is 12.5. The van der Waals surface area contributed by atoms with Crippen LogP contribution >= 0.6 is 0 Å². The lowest BCUT2D eigenvalue weighted by Crippen LogP contribution is -2.33. The Morgan fingerprint density at radius 1 is 1.37 bits per heavy atom. The Morgan fingerprint density at radius 2 is 2.11 bits per heavy atom. The summed E-state index contributed by atoms with van der Waals surface area (Å²) in [5, 5.41) is 3.07. The van der Waals surface area contributed by atoms with Crippen LogP contribution in [-0.2, 0) is 10.0 Å². The van der Waals surface area contributed by atoms with Crippen molar-refractivity contribution in [1.82, 2.24) is 14.6 Å². The van der Waals surface area contributed by atoms with Gasteiger partial charge in [0.05, 0.1) is 17.3 Å². The van der Waals surface area contributed by atoms with E-state index in [1.54, 1.807) is 0 Å². The van der Waals surface area contributed by atoms with E-state index in [-0.39, 0.29) is 10.8 Å². The fourth-order valence-electron chi connectivity index (χ4n) is 2.31. The van der Waals surface area contributed by atoms with Crippen molar-refractivity contribution in [2.45, 2.75) is 5.03 Å². The number of hydrogen-bond donors (Lipinski definition) is 1. The number of sulfonamides is 1. The molecule has 0 aliphatic carbocycles. The van der Waals surface area contributed by atoms with Crippen molar-refractivity contribution in [3.63, 3.8) is 0 Å². The highest BCUT2D eigenvalue weighted by atomic mass is 32.2. The summed E-state index contributed by atoms with van der Waals surface area (Å²) in [6.45, 7) is 2.19. The molecule has 0 saturated heterocycles. The average Bonchev–Trinajstić information content (AvgIpc) is 2.98. The van der Waals surface area contributed by atoms with Crippen molar-refractivity contribution in [1.29, 1.82) is 0 Å². The quantitative estimate of drug-likeness (QED) is 0.791. The molecule has 1 aromatic heterocycles. The predicted octanol–water partition coefficient (Wildman–Crippen LogP) is -0.00570. The van der Waals surface area contributed by atoms with E-state index in [1.165, 1.54) is 16.4 Å².